The highest BCUT2D eigenvalue weighted by atomic mass is 32.1. The summed E-state index contributed by atoms with van der Waals surface area (Å²) in [6.07, 6.45) is -0.730. The molecule has 0 saturated heterocycles. The standard InChI is InChI=1S/C24H23NO4S/c1-27-19-12-10-17(11-13-19)14-28-15-18(26)16-29-22-8-4-2-6-20(22)24-25-21-7-3-5-9-23(21)30-24/h2-13,18,26H,14-16H2,1H3. The number of rotatable bonds is 9. The van der Waals surface area contributed by atoms with Gasteiger partial charge in [0.25, 0.3) is 0 Å². The normalized spacial score (nSPS) is 12.1. The number of hydrogen-bond donors (Lipinski definition) is 1. The number of nitrogens with zero attached hydrogens (tertiary/aromatic N) is 1. The SMILES string of the molecule is COc1ccc(COCC(O)COc2ccccc2-c2nc3ccccc3s2)cc1. The zero-order valence-electron chi connectivity index (χ0n) is 16.7. The van der Waals surface area contributed by atoms with Crippen LogP contribution in [-0.2, 0) is 11.3 Å². The Hall–Kier alpha value is -2.93. The molecule has 0 aliphatic heterocycles. The minimum atomic E-state index is -0.730. The maximum Gasteiger partial charge on any atom is 0.129 e. The topological polar surface area (TPSA) is 60.8 Å². The monoisotopic (exact) mass is 421 g/mol. The molecule has 4 rings (SSSR count). The van der Waals surface area contributed by atoms with Crippen LogP contribution in [0.15, 0.2) is 72.8 Å². The van der Waals surface area contributed by atoms with E-state index in [9.17, 15) is 5.11 Å². The maximum atomic E-state index is 10.3. The molecule has 0 bridgehead atoms. The van der Waals surface area contributed by atoms with Crippen LogP contribution in [-0.4, -0.2) is 36.5 Å². The molecule has 30 heavy (non-hydrogen) atoms. The van der Waals surface area contributed by atoms with E-state index in [1.165, 1.54) is 0 Å². The molecular weight excluding hydrogens is 398 g/mol. The molecule has 4 aromatic rings. The van der Waals surface area contributed by atoms with Gasteiger partial charge in [-0.15, -0.1) is 11.3 Å². The van der Waals surface area contributed by atoms with Gasteiger partial charge in [-0.25, -0.2) is 4.98 Å². The first kappa shape index (κ1) is 20.3. The van der Waals surface area contributed by atoms with E-state index in [1.807, 2.05) is 66.7 Å². The molecule has 0 spiro atoms. The van der Waals surface area contributed by atoms with Crippen LogP contribution in [0.25, 0.3) is 20.8 Å². The highest BCUT2D eigenvalue weighted by molar-refractivity contribution is 7.21. The van der Waals surface area contributed by atoms with Gasteiger partial charge in [0, 0.05) is 0 Å². The van der Waals surface area contributed by atoms with Gasteiger partial charge in [0.15, 0.2) is 0 Å². The molecule has 1 unspecified atom stereocenters. The maximum absolute atomic E-state index is 10.3. The van der Waals surface area contributed by atoms with Crippen molar-refractivity contribution in [2.24, 2.45) is 0 Å². The Kier molecular flexibility index (Phi) is 6.59. The van der Waals surface area contributed by atoms with Crippen molar-refractivity contribution in [2.45, 2.75) is 12.7 Å². The van der Waals surface area contributed by atoms with Gasteiger partial charge in [0.05, 0.1) is 36.1 Å². The Bertz CT molecular complexity index is 1060. The number of thiazole rings is 1. The highest BCUT2D eigenvalue weighted by Gasteiger charge is 2.13. The largest absolute Gasteiger partial charge is 0.497 e. The van der Waals surface area contributed by atoms with E-state index < -0.39 is 6.10 Å². The number of aliphatic hydroxyl groups is 1. The van der Waals surface area contributed by atoms with Crippen molar-refractivity contribution in [3.8, 4) is 22.1 Å². The molecule has 0 fully saturated rings. The number of aliphatic hydroxyl groups excluding tert-OH is 1. The van der Waals surface area contributed by atoms with Crippen LogP contribution in [0.3, 0.4) is 0 Å². The van der Waals surface area contributed by atoms with E-state index in [0.29, 0.717) is 12.4 Å². The average molecular weight is 422 g/mol. The van der Waals surface area contributed by atoms with Gasteiger partial charge in [-0.1, -0.05) is 36.4 Å². The Balaban J connectivity index is 1.33. The smallest absolute Gasteiger partial charge is 0.129 e. The molecule has 154 valence electrons. The van der Waals surface area contributed by atoms with Crippen LogP contribution in [0.1, 0.15) is 5.56 Å². The predicted molar refractivity (Wildman–Crippen MR) is 119 cm³/mol. The third-order valence-electron chi connectivity index (χ3n) is 4.58. The zero-order valence-corrected chi connectivity index (χ0v) is 17.5. The quantitative estimate of drug-likeness (QED) is 0.415. The van der Waals surface area contributed by atoms with Gasteiger partial charge in [-0.2, -0.15) is 0 Å². The molecule has 0 amide bonds. The Morgan fingerprint density at radius 3 is 2.50 bits per heavy atom. The Morgan fingerprint density at radius 2 is 1.70 bits per heavy atom. The van der Waals surface area contributed by atoms with Gasteiger partial charge in [0.2, 0.25) is 0 Å². The molecule has 1 heterocycles. The van der Waals surface area contributed by atoms with Crippen molar-refractivity contribution >= 4 is 21.6 Å². The molecule has 0 aliphatic carbocycles. The Morgan fingerprint density at radius 1 is 0.933 bits per heavy atom. The zero-order chi connectivity index (χ0) is 20.8. The molecule has 0 radical (unpaired) electrons. The fraction of sp³-hybridized carbons (Fsp3) is 0.208. The first-order valence-corrected chi connectivity index (χ1v) is 10.5. The summed E-state index contributed by atoms with van der Waals surface area (Å²) in [6.45, 7) is 0.753. The van der Waals surface area contributed by atoms with E-state index in [2.05, 4.69) is 6.07 Å². The fourth-order valence-corrected chi connectivity index (χ4v) is 4.02. The van der Waals surface area contributed by atoms with Crippen molar-refractivity contribution in [3.05, 3.63) is 78.4 Å². The number of aromatic nitrogens is 1. The molecule has 0 saturated carbocycles. The van der Waals surface area contributed by atoms with Crippen LogP contribution in [0.2, 0.25) is 0 Å². The van der Waals surface area contributed by atoms with Crippen molar-refractivity contribution in [1.29, 1.82) is 0 Å². The summed E-state index contributed by atoms with van der Waals surface area (Å²) in [4.78, 5) is 4.71. The van der Waals surface area contributed by atoms with E-state index in [-0.39, 0.29) is 13.2 Å². The molecule has 0 aliphatic rings. The summed E-state index contributed by atoms with van der Waals surface area (Å²) in [5, 5.41) is 11.2. The third kappa shape index (κ3) is 4.97. The van der Waals surface area contributed by atoms with Gasteiger partial charge in [-0.05, 0) is 42.0 Å². The van der Waals surface area contributed by atoms with Crippen LogP contribution < -0.4 is 9.47 Å². The molecule has 1 N–H and O–H groups in total. The second-order valence-electron chi connectivity index (χ2n) is 6.81. The summed E-state index contributed by atoms with van der Waals surface area (Å²) in [7, 11) is 1.64. The molecular formula is C24H23NO4S. The number of methoxy groups -OCH3 is 1. The van der Waals surface area contributed by atoms with Crippen molar-refractivity contribution in [2.75, 3.05) is 20.3 Å². The lowest BCUT2D eigenvalue weighted by Crippen LogP contribution is -2.23. The minimum Gasteiger partial charge on any atom is -0.497 e. The number of ether oxygens (including phenoxy) is 3. The number of para-hydroxylation sites is 2. The third-order valence-corrected chi connectivity index (χ3v) is 5.65. The lowest BCUT2D eigenvalue weighted by atomic mass is 10.2. The van der Waals surface area contributed by atoms with Gasteiger partial charge in [0.1, 0.15) is 29.2 Å². The first-order valence-electron chi connectivity index (χ1n) is 9.69. The second-order valence-corrected chi connectivity index (χ2v) is 7.84. The van der Waals surface area contributed by atoms with E-state index in [4.69, 9.17) is 19.2 Å². The number of benzene rings is 3. The summed E-state index contributed by atoms with van der Waals surface area (Å²) in [5.74, 6) is 1.50. The second kappa shape index (κ2) is 9.71. The highest BCUT2D eigenvalue weighted by Crippen LogP contribution is 2.35. The van der Waals surface area contributed by atoms with Crippen molar-refractivity contribution < 1.29 is 19.3 Å². The van der Waals surface area contributed by atoms with Crippen LogP contribution in [0, 0.1) is 0 Å². The van der Waals surface area contributed by atoms with E-state index >= 15 is 0 Å². The van der Waals surface area contributed by atoms with E-state index in [0.717, 1.165) is 32.1 Å². The van der Waals surface area contributed by atoms with Crippen LogP contribution in [0.5, 0.6) is 11.5 Å². The van der Waals surface area contributed by atoms with Crippen LogP contribution in [0.4, 0.5) is 0 Å². The lowest BCUT2D eigenvalue weighted by molar-refractivity contribution is 0.00558. The summed E-state index contributed by atoms with van der Waals surface area (Å²) in [6, 6.07) is 23.5. The molecule has 5 nitrogen and oxygen atoms in total. The van der Waals surface area contributed by atoms with Crippen LogP contribution >= 0.6 is 11.3 Å². The molecule has 1 atom stereocenters. The Labute approximate surface area is 179 Å². The van der Waals surface area contributed by atoms with E-state index in [1.54, 1.807) is 18.4 Å². The van der Waals surface area contributed by atoms with Gasteiger partial charge in [-0.3, -0.25) is 0 Å². The van der Waals surface area contributed by atoms with Crippen molar-refractivity contribution in [3.63, 3.8) is 0 Å². The minimum absolute atomic E-state index is 0.143. The molecule has 6 heteroatoms. The average Bonchev–Trinajstić information content (AvgIpc) is 3.22. The fourth-order valence-electron chi connectivity index (χ4n) is 3.03. The predicted octanol–water partition coefficient (Wildman–Crippen LogP) is 4.93. The first-order chi connectivity index (χ1) is 14.7. The molecule has 1 aromatic heterocycles. The summed E-state index contributed by atoms with van der Waals surface area (Å²) >= 11 is 1.63. The van der Waals surface area contributed by atoms with Gasteiger partial charge < -0.3 is 19.3 Å². The van der Waals surface area contributed by atoms with Gasteiger partial charge >= 0.3 is 0 Å². The number of fused-ring (bicyclic) bond motifs is 1. The van der Waals surface area contributed by atoms with Crippen molar-refractivity contribution in [1.82, 2.24) is 4.98 Å². The summed E-state index contributed by atoms with van der Waals surface area (Å²) in [5.41, 5.74) is 2.91. The summed E-state index contributed by atoms with van der Waals surface area (Å²) < 4.78 is 17.8. The number of hydrogen-bond acceptors (Lipinski definition) is 6. The lowest BCUT2D eigenvalue weighted by Gasteiger charge is -2.14. The molecule has 3 aromatic carbocycles.